The maximum atomic E-state index is 13.1. The summed E-state index contributed by atoms with van der Waals surface area (Å²) in [6.45, 7) is 1.76. The fourth-order valence-corrected chi connectivity index (χ4v) is 1.68. The van der Waals surface area contributed by atoms with Crippen LogP contribution in [0, 0.1) is 21.7 Å². The van der Waals surface area contributed by atoms with Gasteiger partial charge in [0.25, 0.3) is 11.6 Å². The molecule has 1 unspecified atom stereocenters. The van der Waals surface area contributed by atoms with Gasteiger partial charge in [0, 0.05) is 11.9 Å². The average Bonchev–Trinajstić information content (AvgIpc) is 2.37. The maximum Gasteiger partial charge on any atom is 0.285 e. The Kier molecular flexibility index (Phi) is 5.17. The maximum absolute atomic E-state index is 13.1. The topological polar surface area (TPSA) is 72.2 Å². The Morgan fingerprint density at radius 1 is 1.47 bits per heavy atom. The van der Waals surface area contributed by atoms with E-state index in [1.807, 2.05) is 0 Å². The van der Waals surface area contributed by atoms with Gasteiger partial charge in [-0.1, -0.05) is 6.92 Å². The van der Waals surface area contributed by atoms with Gasteiger partial charge in [-0.05, 0) is 12.5 Å². The van der Waals surface area contributed by atoms with Crippen molar-refractivity contribution in [2.45, 2.75) is 19.4 Å². The van der Waals surface area contributed by atoms with Crippen molar-refractivity contribution in [3.8, 4) is 0 Å². The van der Waals surface area contributed by atoms with Crippen molar-refractivity contribution in [2.24, 2.45) is 0 Å². The van der Waals surface area contributed by atoms with Gasteiger partial charge >= 0.3 is 0 Å². The number of hydrogen-bond donors (Lipinski definition) is 1. The summed E-state index contributed by atoms with van der Waals surface area (Å²) in [4.78, 5) is 21.6. The van der Waals surface area contributed by atoms with E-state index in [0.717, 1.165) is 0 Å². The van der Waals surface area contributed by atoms with E-state index in [-0.39, 0.29) is 5.88 Å². The summed E-state index contributed by atoms with van der Waals surface area (Å²) < 4.78 is 26.0. The average molecular weight is 293 g/mol. The van der Waals surface area contributed by atoms with Gasteiger partial charge in [0.2, 0.25) is 0 Å². The van der Waals surface area contributed by atoms with Crippen molar-refractivity contribution in [1.82, 2.24) is 5.32 Å². The monoisotopic (exact) mass is 292 g/mol. The number of nitrogens with one attached hydrogen (secondary N) is 1. The highest BCUT2D eigenvalue weighted by atomic mass is 35.5. The van der Waals surface area contributed by atoms with E-state index in [1.165, 1.54) is 0 Å². The Labute approximate surface area is 112 Å². The Morgan fingerprint density at radius 3 is 2.53 bits per heavy atom. The number of halogens is 3. The molecule has 19 heavy (non-hydrogen) atoms. The summed E-state index contributed by atoms with van der Waals surface area (Å²) in [5.41, 5.74) is -1.33. The smallest absolute Gasteiger partial charge is 0.285 e. The molecule has 0 saturated carbocycles. The highest BCUT2D eigenvalue weighted by molar-refractivity contribution is 6.18. The Balaban J connectivity index is 3.14. The molecule has 0 spiro atoms. The normalized spacial score (nSPS) is 12.0. The van der Waals surface area contributed by atoms with Gasteiger partial charge in [-0.3, -0.25) is 14.9 Å². The number of benzene rings is 1. The highest BCUT2D eigenvalue weighted by Gasteiger charge is 2.24. The van der Waals surface area contributed by atoms with Gasteiger partial charge < -0.3 is 5.32 Å². The standard InChI is InChI=1S/C11H11ClF2N2O3/c1-2-6(5-12)15-11(17)7-3-8(13)9(14)4-10(7)16(18)19/h3-4,6H,2,5H2,1H3,(H,15,17). The fourth-order valence-electron chi connectivity index (χ4n) is 1.38. The molecular weight excluding hydrogens is 282 g/mol. The Hall–Kier alpha value is -1.76. The molecule has 0 bridgehead atoms. The van der Waals surface area contributed by atoms with Crippen LogP contribution in [0.3, 0.4) is 0 Å². The number of carbonyl (C=O) groups excluding carboxylic acids is 1. The summed E-state index contributed by atoms with van der Waals surface area (Å²) in [6.07, 6.45) is 0.507. The number of carbonyl (C=O) groups is 1. The minimum atomic E-state index is -1.38. The molecule has 8 heteroatoms. The van der Waals surface area contributed by atoms with Gasteiger partial charge in [-0.25, -0.2) is 8.78 Å². The molecule has 104 valence electrons. The van der Waals surface area contributed by atoms with Crippen LogP contribution >= 0.6 is 11.6 Å². The molecule has 0 aliphatic rings. The van der Waals surface area contributed by atoms with Gasteiger partial charge in [-0.2, -0.15) is 0 Å². The molecule has 0 saturated heterocycles. The van der Waals surface area contributed by atoms with Crippen LogP contribution in [0.2, 0.25) is 0 Å². The third-order valence-electron chi connectivity index (χ3n) is 2.49. The van der Waals surface area contributed by atoms with Crippen LogP contribution in [0.1, 0.15) is 23.7 Å². The zero-order valence-electron chi connectivity index (χ0n) is 9.95. The van der Waals surface area contributed by atoms with E-state index < -0.39 is 39.8 Å². The zero-order chi connectivity index (χ0) is 14.6. The Morgan fingerprint density at radius 2 is 2.05 bits per heavy atom. The second kappa shape index (κ2) is 6.42. The molecule has 0 fully saturated rings. The summed E-state index contributed by atoms with van der Waals surface area (Å²) in [7, 11) is 0. The third-order valence-corrected chi connectivity index (χ3v) is 2.87. The number of amides is 1. The minimum Gasteiger partial charge on any atom is -0.348 e. The van der Waals surface area contributed by atoms with Crippen molar-refractivity contribution in [1.29, 1.82) is 0 Å². The van der Waals surface area contributed by atoms with E-state index in [0.29, 0.717) is 18.6 Å². The van der Waals surface area contributed by atoms with Crippen LogP contribution in [0.5, 0.6) is 0 Å². The number of alkyl halides is 1. The summed E-state index contributed by atoms with van der Waals surface area (Å²) in [5, 5.41) is 13.1. The van der Waals surface area contributed by atoms with E-state index in [4.69, 9.17) is 11.6 Å². The SMILES string of the molecule is CCC(CCl)NC(=O)c1cc(F)c(F)cc1[N+](=O)[O-]. The summed E-state index contributed by atoms with van der Waals surface area (Å²) >= 11 is 5.58. The predicted octanol–water partition coefficient (Wildman–Crippen LogP) is 2.62. The van der Waals surface area contributed by atoms with Gasteiger partial charge in [0.05, 0.1) is 11.0 Å². The van der Waals surface area contributed by atoms with Crippen molar-refractivity contribution >= 4 is 23.2 Å². The fraction of sp³-hybridized carbons (Fsp3) is 0.364. The minimum absolute atomic E-state index is 0.111. The lowest BCUT2D eigenvalue weighted by molar-refractivity contribution is -0.385. The van der Waals surface area contributed by atoms with Gasteiger partial charge in [-0.15, -0.1) is 11.6 Å². The lowest BCUT2D eigenvalue weighted by atomic mass is 10.1. The number of nitro groups is 1. The van der Waals surface area contributed by atoms with Crippen molar-refractivity contribution in [3.05, 3.63) is 39.4 Å². The van der Waals surface area contributed by atoms with Gasteiger partial charge in [0.1, 0.15) is 5.56 Å². The number of nitrogens with zero attached hydrogens (tertiary/aromatic N) is 1. The van der Waals surface area contributed by atoms with Crippen molar-refractivity contribution in [3.63, 3.8) is 0 Å². The molecular formula is C11H11ClF2N2O3. The second-order valence-corrected chi connectivity index (χ2v) is 4.08. The van der Waals surface area contributed by atoms with E-state index in [9.17, 15) is 23.7 Å². The molecule has 1 atom stereocenters. The van der Waals surface area contributed by atoms with Crippen LogP contribution in [-0.2, 0) is 0 Å². The molecule has 0 radical (unpaired) electrons. The molecule has 1 aromatic carbocycles. The number of nitro benzene ring substituents is 1. The van der Waals surface area contributed by atoms with Crippen molar-refractivity contribution < 1.29 is 18.5 Å². The molecule has 1 aromatic rings. The van der Waals surface area contributed by atoms with Crippen LogP contribution in [0.25, 0.3) is 0 Å². The van der Waals surface area contributed by atoms with E-state index >= 15 is 0 Å². The lowest BCUT2D eigenvalue weighted by Crippen LogP contribution is -2.36. The van der Waals surface area contributed by atoms with Crippen molar-refractivity contribution in [2.75, 3.05) is 5.88 Å². The van der Waals surface area contributed by atoms with Crippen LogP contribution in [-0.4, -0.2) is 22.8 Å². The summed E-state index contributed by atoms with van der Waals surface area (Å²) in [5.74, 6) is -3.46. The highest BCUT2D eigenvalue weighted by Crippen LogP contribution is 2.22. The van der Waals surface area contributed by atoms with E-state index in [2.05, 4.69) is 5.32 Å². The van der Waals surface area contributed by atoms with Crippen LogP contribution < -0.4 is 5.32 Å². The largest absolute Gasteiger partial charge is 0.348 e. The molecule has 1 N–H and O–H groups in total. The molecule has 1 amide bonds. The van der Waals surface area contributed by atoms with Crippen LogP contribution in [0.4, 0.5) is 14.5 Å². The first-order valence-electron chi connectivity index (χ1n) is 5.41. The molecule has 5 nitrogen and oxygen atoms in total. The van der Waals surface area contributed by atoms with E-state index in [1.54, 1.807) is 6.92 Å². The lowest BCUT2D eigenvalue weighted by Gasteiger charge is -2.13. The first-order valence-corrected chi connectivity index (χ1v) is 5.94. The number of rotatable bonds is 5. The zero-order valence-corrected chi connectivity index (χ0v) is 10.7. The van der Waals surface area contributed by atoms with Gasteiger partial charge in [0.15, 0.2) is 11.6 Å². The van der Waals surface area contributed by atoms with Crippen LogP contribution in [0.15, 0.2) is 12.1 Å². The Bertz CT molecular complexity index is 507. The second-order valence-electron chi connectivity index (χ2n) is 3.77. The molecule has 0 heterocycles. The first kappa shape index (κ1) is 15.3. The first-order chi connectivity index (χ1) is 8.90. The molecule has 1 rings (SSSR count). The quantitative estimate of drug-likeness (QED) is 0.515. The molecule has 0 aromatic heterocycles. The molecule has 0 aliphatic carbocycles. The third kappa shape index (κ3) is 3.60. The predicted molar refractivity (Wildman–Crippen MR) is 65.3 cm³/mol. The number of hydrogen-bond acceptors (Lipinski definition) is 3. The summed E-state index contributed by atoms with van der Waals surface area (Å²) in [6, 6.07) is 0.484. The molecule has 0 aliphatic heterocycles.